The van der Waals surface area contributed by atoms with Crippen LogP contribution in [-0.2, 0) is 11.4 Å². The number of hydrogen-bond acceptors (Lipinski definition) is 5. The third-order valence-corrected chi connectivity index (χ3v) is 5.17. The van der Waals surface area contributed by atoms with Crippen LogP contribution in [0.15, 0.2) is 42.5 Å². The van der Waals surface area contributed by atoms with Crippen molar-refractivity contribution < 1.29 is 23.8 Å². The highest BCUT2D eigenvalue weighted by Crippen LogP contribution is 2.42. The fraction of sp³-hybridized carbons (Fsp3) is 0.278. The molecule has 0 saturated carbocycles. The summed E-state index contributed by atoms with van der Waals surface area (Å²) in [5.74, 6) is 0.258. The third kappa shape index (κ3) is 3.88. The van der Waals surface area contributed by atoms with Gasteiger partial charge in [0.05, 0.1) is 12.5 Å². The predicted octanol–water partition coefficient (Wildman–Crippen LogP) is 3.20. The lowest BCUT2D eigenvalue weighted by Gasteiger charge is -2.19. The Morgan fingerprint density at radius 2 is 2.12 bits per heavy atom. The molecule has 1 fully saturated rings. The zero-order chi connectivity index (χ0) is 17.8. The largest absolute Gasteiger partial charge is 0.493 e. The normalized spacial score (nSPS) is 19.6. The second-order valence-corrected chi connectivity index (χ2v) is 6.67. The molecule has 1 aliphatic heterocycles. The topological polar surface area (TPSA) is 67.8 Å². The van der Waals surface area contributed by atoms with Crippen LogP contribution >= 0.6 is 11.8 Å². The molecule has 1 saturated heterocycles. The summed E-state index contributed by atoms with van der Waals surface area (Å²) in [5.41, 5.74) is 1.22. The molecule has 7 heteroatoms. The van der Waals surface area contributed by atoms with E-state index >= 15 is 0 Å². The minimum atomic E-state index is -0.883. The number of carbonyl (C=O) groups is 1. The number of aliphatic carboxylic acids is 1. The van der Waals surface area contributed by atoms with Crippen molar-refractivity contribution in [3.8, 4) is 11.5 Å². The summed E-state index contributed by atoms with van der Waals surface area (Å²) in [6.07, 6.45) is 0. The average Bonchev–Trinajstić information content (AvgIpc) is 3.11. The van der Waals surface area contributed by atoms with Crippen molar-refractivity contribution in [1.29, 1.82) is 0 Å². The molecule has 5 nitrogen and oxygen atoms in total. The van der Waals surface area contributed by atoms with Gasteiger partial charge in [-0.05, 0) is 12.1 Å². The van der Waals surface area contributed by atoms with E-state index in [1.807, 2.05) is 12.1 Å². The number of para-hydroxylation sites is 1. The monoisotopic (exact) mass is 363 g/mol. The van der Waals surface area contributed by atoms with Gasteiger partial charge < -0.3 is 14.6 Å². The zero-order valence-electron chi connectivity index (χ0n) is 13.6. The second-order valence-electron chi connectivity index (χ2n) is 5.53. The minimum absolute atomic E-state index is 0.0553. The van der Waals surface area contributed by atoms with E-state index in [2.05, 4.69) is 5.32 Å². The fourth-order valence-corrected chi connectivity index (χ4v) is 3.86. The van der Waals surface area contributed by atoms with Crippen LogP contribution in [0.3, 0.4) is 0 Å². The smallest absolute Gasteiger partial charge is 0.321 e. The van der Waals surface area contributed by atoms with Crippen LogP contribution < -0.4 is 14.8 Å². The Morgan fingerprint density at radius 1 is 1.32 bits per heavy atom. The molecule has 2 unspecified atom stereocenters. The van der Waals surface area contributed by atoms with Crippen molar-refractivity contribution >= 4 is 17.7 Å². The maximum Gasteiger partial charge on any atom is 0.321 e. The highest BCUT2D eigenvalue weighted by molar-refractivity contribution is 7.99. The first-order valence-electron chi connectivity index (χ1n) is 7.73. The van der Waals surface area contributed by atoms with Crippen LogP contribution in [0.4, 0.5) is 4.39 Å². The molecule has 3 rings (SSSR count). The number of methoxy groups -OCH3 is 1. The fourth-order valence-electron chi connectivity index (χ4n) is 2.61. The Labute approximate surface area is 149 Å². The Balaban J connectivity index is 1.85. The van der Waals surface area contributed by atoms with E-state index in [4.69, 9.17) is 14.6 Å². The van der Waals surface area contributed by atoms with Gasteiger partial charge in [0.15, 0.2) is 11.5 Å². The lowest BCUT2D eigenvalue weighted by molar-refractivity contribution is -0.138. The van der Waals surface area contributed by atoms with Crippen LogP contribution in [0.1, 0.15) is 16.5 Å². The molecule has 2 N–H and O–H groups in total. The summed E-state index contributed by atoms with van der Waals surface area (Å²) < 4.78 is 25.1. The maximum absolute atomic E-state index is 13.8. The molecule has 0 amide bonds. The van der Waals surface area contributed by atoms with Crippen LogP contribution in [-0.4, -0.2) is 30.0 Å². The van der Waals surface area contributed by atoms with Crippen LogP contribution in [0.5, 0.6) is 11.5 Å². The molecular formula is C18H18FNO4S. The summed E-state index contributed by atoms with van der Waals surface area (Å²) in [7, 11) is 1.53. The van der Waals surface area contributed by atoms with Crippen LogP contribution in [0, 0.1) is 5.82 Å². The summed E-state index contributed by atoms with van der Waals surface area (Å²) in [6.45, 7) is 0.0553. The quantitative estimate of drug-likeness (QED) is 0.822. The number of hydrogen-bond donors (Lipinski definition) is 2. The first-order valence-corrected chi connectivity index (χ1v) is 8.78. The SMILES string of the molecule is COc1cccc(C2NC(C(=O)O)CS2)c1OCc1ccccc1F. The van der Waals surface area contributed by atoms with Crippen molar-refractivity contribution in [2.45, 2.75) is 18.0 Å². The Kier molecular flexibility index (Phi) is 5.45. The Hall–Kier alpha value is -2.25. The Morgan fingerprint density at radius 3 is 2.80 bits per heavy atom. The third-order valence-electron chi connectivity index (χ3n) is 3.92. The molecule has 0 aromatic heterocycles. The van der Waals surface area contributed by atoms with Crippen LogP contribution in [0.25, 0.3) is 0 Å². The lowest BCUT2D eigenvalue weighted by atomic mass is 10.1. The molecule has 2 aromatic rings. The number of benzene rings is 2. The zero-order valence-corrected chi connectivity index (χ0v) is 14.4. The number of thioether (sulfide) groups is 1. The van der Waals surface area contributed by atoms with E-state index in [0.29, 0.717) is 22.8 Å². The van der Waals surface area contributed by atoms with E-state index in [1.165, 1.54) is 24.9 Å². The molecular weight excluding hydrogens is 345 g/mol. The molecule has 0 bridgehead atoms. The average molecular weight is 363 g/mol. The highest BCUT2D eigenvalue weighted by Gasteiger charge is 2.32. The van der Waals surface area contributed by atoms with Gasteiger partial charge in [-0.2, -0.15) is 0 Å². The molecule has 1 heterocycles. The van der Waals surface area contributed by atoms with E-state index in [0.717, 1.165) is 5.56 Å². The van der Waals surface area contributed by atoms with Gasteiger partial charge >= 0.3 is 5.97 Å². The molecule has 0 radical (unpaired) electrons. The van der Waals surface area contributed by atoms with Crippen molar-refractivity contribution in [2.75, 3.05) is 12.9 Å². The van der Waals surface area contributed by atoms with Gasteiger partial charge in [0.25, 0.3) is 0 Å². The van der Waals surface area contributed by atoms with Gasteiger partial charge in [-0.1, -0.05) is 30.3 Å². The first-order chi connectivity index (χ1) is 12.1. The van der Waals surface area contributed by atoms with E-state index in [9.17, 15) is 9.18 Å². The second kappa shape index (κ2) is 7.76. The van der Waals surface area contributed by atoms with E-state index < -0.39 is 12.0 Å². The van der Waals surface area contributed by atoms with Crippen molar-refractivity contribution in [3.63, 3.8) is 0 Å². The molecule has 25 heavy (non-hydrogen) atoms. The molecule has 2 atom stereocenters. The van der Waals surface area contributed by atoms with E-state index in [-0.39, 0.29) is 17.8 Å². The van der Waals surface area contributed by atoms with Gasteiger partial charge in [-0.15, -0.1) is 11.8 Å². The molecule has 132 valence electrons. The minimum Gasteiger partial charge on any atom is -0.493 e. The van der Waals surface area contributed by atoms with Crippen molar-refractivity contribution in [3.05, 3.63) is 59.4 Å². The number of halogens is 1. The van der Waals surface area contributed by atoms with Crippen molar-refractivity contribution in [1.82, 2.24) is 5.32 Å². The summed E-state index contributed by atoms with van der Waals surface area (Å²) in [4.78, 5) is 11.2. The van der Waals surface area contributed by atoms with Crippen LogP contribution in [0.2, 0.25) is 0 Å². The van der Waals surface area contributed by atoms with Gasteiger partial charge in [0.1, 0.15) is 18.5 Å². The van der Waals surface area contributed by atoms with Gasteiger partial charge in [0.2, 0.25) is 0 Å². The molecule has 0 spiro atoms. The summed E-state index contributed by atoms with van der Waals surface area (Å²) in [6, 6.07) is 11.2. The number of ether oxygens (including phenoxy) is 2. The Bertz CT molecular complexity index is 770. The predicted molar refractivity (Wildman–Crippen MR) is 93.5 cm³/mol. The van der Waals surface area contributed by atoms with E-state index in [1.54, 1.807) is 24.3 Å². The van der Waals surface area contributed by atoms with Gasteiger partial charge in [-0.25, -0.2) is 4.39 Å². The highest BCUT2D eigenvalue weighted by atomic mass is 32.2. The van der Waals surface area contributed by atoms with Gasteiger partial charge in [0, 0.05) is 16.9 Å². The first kappa shape index (κ1) is 17.6. The van der Waals surface area contributed by atoms with Crippen molar-refractivity contribution in [2.24, 2.45) is 0 Å². The number of carboxylic acids is 1. The lowest BCUT2D eigenvalue weighted by Crippen LogP contribution is -2.33. The standard InChI is InChI=1S/C18H18FNO4S/c1-23-15-8-4-6-12(17-20-14(10-25-17)18(21)22)16(15)24-9-11-5-2-3-7-13(11)19/h2-8,14,17,20H,9-10H2,1H3,(H,21,22). The molecule has 0 aliphatic carbocycles. The summed E-state index contributed by atoms with van der Waals surface area (Å²) in [5, 5.41) is 12.0. The van der Waals surface area contributed by atoms with Gasteiger partial charge in [-0.3, -0.25) is 10.1 Å². The number of rotatable bonds is 6. The molecule has 1 aliphatic rings. The number of nitrogens with one attached hydrogen (secondary N) is 1. The molecule has 2 aromatic carbocycles. The summed E-state index contributed by atoms with van der Waals surface area (Å²) >= 11 is 1.49. The number of carboxylic acid groups (broad SMARTS) is 1. The maximum atomic E-state index is 13.8.